The molecule has 0 saturated heterocycles. The summed E-state index contributed by atoms with van der Waals surface area (Å²) in [6.07, 6.45) is -0.0423. The van der Waals surface area contributed by atoms with Gasteiger partial charge >= 0.3 is 5.97 Å². The number of benzene rings is 1. The number of carbonyl (C=O) groups is 1. The van der Waals surface area contributed by atoms with E-state index in [4.69, 9.17) is 9.47 Å². The maximum Gasteiger partial charge on any atom is 0.316 e. The molecule has 1 rings (SSSR count). The van der Waals surface area contributed by atoms with Gasteiger partial charge in [-0.05, 0) is 44.9 Å². The van der Waals surface area contributed by atoms with Crippen LogP contribution in [0.4, 0.5) is 0 Å². The lowest BCUT2D eigenvalue weighted by molar-refractivity contribution is -0.144. The molecule has 0 aliphatic rings. The second-order valence-corrected chi connectivity index (χ2v) is 5.81. The van der Waals surface area contributed by atoms with Crippen molar-refractivity contribution in [2.24, 2.45) is 0 Å². The minimum atomic E-state index is -0.160. The highest BCUT2D eigenvalue weighted by molar-refractivity contribution is 7.99. The van der Waals surface area contributed by atoms with E-state index in [2.05, 4.69) is 12.1 Å². The Morgan fingerprint density at radius 2 is 2.05 bits per heavy atom. The van der Waals surface area contributed by atoms with Crippen LogP contribution in [0, 0.1) is 13.8 Å². The third kappa shape index (κ3) is 6.53. The molecule has 0 aliphatic heterocycles. The maximum atomic E-state index is 11.3. The van der Waals surface area contributed by atoms with Gasteiger partial charge in [-0.25, -0.2) is 0 Å². The first-order chi connectivity index (χ1) is 8.99. The quantitative estimate of drug-likeness (QED) is 0.567. The smallest absolute Gasteiger partial charge is 0.316 e. The van der Waals surface area contributed by atoms with E-state index < -0.39 is 0 Å². The summed E-state index contributed by atoms with van der Waals surface area (Å²) in [4.78, 5) is 11.3. The van der Waals surface area contributed by atoms with Crippen molar-refractivity contribution in [1.82, 2.24) is 0 Å². The van der Waals surface area contributed by atoms with Gasteiger partial charge in [-0.2, -0.15) is 0 Å². The van der Waals surface area contributed by atoms with Gasteiger partial charge in [0.2, 0.25) is 0 Å². The van der Waals surface area contributed by atoms with Crippen LogP contribution in [0.1, 0.15) is 25.0 Å². The van der Waals surface area contributed by atoms with E-state index in [1.807, 2.05) is 33.8 Å². The second-order valence-electron chi connectivity index (χ2n) is 4.71. The summed E-state index contributed by atoms with van der Waals surface area (Å²) < 4.78 is 10.8. The molecule has 0 N–H and O–H groups in total. The SMILES string of the molecule is Cc1ccc(C)c(OCCSCC(=O)OC(C)C)c1. The van der Waals surface area contributed by atoms with Gasteiger partial charge in [-0.15, -0.1) is 11.8 Å². The van der Waals surface area contributed by atoms with Crippen LogP contribution in [0.15, 0.2) is 18.2 Å². The Balaban J connectivity index is 2.20. The van der Waals surface area contributed by atoms with E-state index in [-0.39, 0.29) is 12.1 Å². The van der Waals surface area contributed by atoms with Gasteiger partial charge in [-0.3, -0.25) is 4.79 Å². The second kappa shape index (κ2) is 8.10. The standard InChI is InChI=1S/C15H22O3S/c1-11(2)18-15(16)10-19-8-7-17-14-9-12(3)5-6-13(14)4/h5-6,9,11H,7-8,10H2,1-4H3. The van der Waals surface area contributed by atoms with Crippen LogP contribution in [0.2, 0.25) is 0 Å². The fraction of sp³-hybridized carbons (Fsp3) is 0.533. The van der Waals surface area contributed by atoms with Crippen molar-refractivity contribution in [1.29, 1.82) is 0 Å². The van der Waals surface area contributed by atoms with Crippen LogP contribution in [-0.2, 0) is 9.53 Å². The van der Waals surface area contributed by atoms with E-state index >= 15 is 0 Å². The van der Waals surface area contributed by atoms with Gasteiger partial charge in [0.1, 0.15) is 5.75 Å². The molecule has 0 aromatic heterocycles. The number of carbonyl (C=O) groups excluding carboxylic acids is 1. The fourth-order valence-electron chi connectivity index (χ4n) is 1.53. The molecule has 4 heteroatoms. The molecular formula is C15H22O3S. The largest absolute Gasteiger partial charge is 0.492 e. The number of esters is 1. The highest BCUT2D eigenvalue weighted by Gasteiger charge is 2.05. The molecule has 0 aliphatic carbocycles. The summed E-state index contributed by atoms with van der Waals surface area (Å²) in [6, 6.07) is 6.16. The van der Waals surface area contributed by atoms with Crippen molar-refractivity contribution in [2.75, 3.05) is 18.1 Å². The van der Waals surface area contributed by atoms with E-state index in [9.17, 15) is 4.79 Å². The van der Waals surface area contributed by atoms with E-state index in [1.54, 1.807) is 0 Å². The molecule has 0 amide bonds. The first-order valence-electron chi connectivity index (χ1n) is 6.46. The molecule has 3 nitrogen and oxygen atoms in total. The number of hydrogen-bond donors (Lipinski definition) is 0. The van der Waals surface area contributed by atoms with Gasteiger partial charge in [0.25, 0.3) is 0 Å². The van der Waals surface area contributed by atoms with Crippen LogP contribution in [0.5, 0.6) is 5.75 Å². The van der Waals surface area contributed by atoms with Crippen molar-refractivity contribution in [2.45, 2.75) is 33.8 Å². The normalized spacial score (nSPS) is 10.6. The summed E-state index contributed by atoms with van der Waals surface area (Å²) in [6.45, 7) is 8.38. The van der Waals surface area contributed by atoms with Gasteiger partial charge in [0.15, 0.2) is 0 Å². The monoisotopic (exact) mass is 282 g/mol. The van der Waals surface area contributed by atoms with E-state index in [0.717, 1.165) is 17.1 Å². The molecule has 0 atom stereocenters. The zero-order chi connectivity index (χ0) is 14.3. The average molecular weight is 282 g/mol. The molecule has 0 heterocycles. The highest BCUT2D eigenvalue weighted by atomic mass is 32.2. The number of aryl methyl sites for hydroxylation is 2. The zero-order valence-corrected chi connectivity index (χ0v) is 12.9. The predicted octanol–water partition coefficient (Wildman–Crippen LogP) is 3.37. The van der Waals surface area contributed by atoms with Crippen molar-refractivity contribution in [3.05, 3.63) is 29.3 Å². The minimum Gasteiger partial charge on any atom is -0.492 e. The lowest BCUT2D eigenvalue weighted by Gasteiger charge is -2.10. The van der Waals surface area contributed by atoms with Crippen molar-refractivity contribution in [3.63, 3.8) is 0 Å². The predicted molar refractivity (Wildman–Crippen MR) is 80.0 cm³/mol. The van der Waals surface area contributed by atoms with Crippen LogP contribution in [0.3, 0.4) is 0 Å². The summed E-state index contributed by atoms with van der Waals surface area (Å²) >= 11 is 1.53. The molecule has 0 bridgehead atoms. The third-order valence-electron chi connectivity index (χ3n) is 2.42. The van der Waals surface area contributed by atoms with E-state index in [1.165, 1.54) is 17.3 Å². The molecule has 0 unspecified atom stereocenters. The first kappa shape index (κ1) is 15.9. The van der Waals surface area contributed by atoms with Crippen molar-refractivity contribution < 1.29 is 14.3 Å². The number of thioether (sulfide) groups is 1. The third-order valence-corrected chi connectivity index (χ3v) is 3.31. The number of rotatable bonds is 7. The number of ether oxygens (including phenoxy) is 2. The molecule has 0 radical (unpaired) electrons. The zero-order valence-electron chi connectivity index (χ0n) is 12.1. The van der Waals surface area contributed by atoms with Gasteiger partial charge in [0, 0.05) is 5.75 Å². The molecule has 0 saturated carbocycles. The Kier molecular flexibility index (Phi) is 6.78. The molecule has 1 aromatic carbocycles. The Morgan fingerprint density at radius 1 is 1.32 bits per heavy atom. The maximum absolute atomic E-state index is 11.3. The van der Waals surface area contributed by atoms with E-state index in [0.29, 0.717) is 12.4 Å². The van der Waals surface area contributed by atoms with Crippen LogP contribution in [0.25, 0.3) is 0 Å². The Labute approximate surface area is 119 Å². The molecule has 19 heavy (non-hydrogen) atoms. The first-order valence-corrected chi connectivity index (χ1v) is 7.62. The molecule has 0 fully saturated rings. The average Bonchev–Trinajstić information content (AvgIpc) is 2.32. The topological polar surface area (TPSA) is 35.5 Å². The summed E-state index contributed by atoms with van der Waals surface area (Å²) in [5, 5.41) is 0. The lowest BCUT2D eigenvalue weighted by Crippen LogP contribution is -2.14. The minimum absolute atomic E-state index is 0.0423. The van der Waals surface area contributed by atoms with Gasteiger partial charge in [0.05, 0.1) is 18.5 Å². The molecule has 106 valence electrons. The van der Waals surface area contributed by atoms with Crippen LogP contribution >= 0.6 is 11.8 Å². The van der Waals surface area contributed by atoms with Crippen LogP contribution in [-0.4, -0.2) is 30.2 Å². The summed E-state index contributed by atoms with van der Waals surface area (Å²) in [7, 11) is 0. The molecule has 1 aromatic rings. The highest BCUT2D eigenvalue weighted by Crippen LogP contribution is 2.19. The number of hydrogen-bond acceptors (Lipinski definition) is 4. The van der Waals surface area contributed by atoms with Crippen molar-refractivity contribution >= 4 is 17.7 Å². The van der Waals surface area contributed by atoms with Crippen molar-refractivity contribution in [3.8, 4) is 5.75 Å². The van der Waals surface area contributed by atoms with Gasteiger partial charge < -0.3 is 9.47 Å². The summed E-state index contributed by atoms with van der Waals surface area (Å²) in [5.74, 6) is 1.92. The fourth-order valence-corrected chi connectivity index (χ4v) is 2.11. The molecule has 0 spiro atoms. The lowest BCUT2D eigenvalue weighted by atomic mass is 10.1. The Bertz CT molecular complexity index is 416. The molecular weight excluding hydrogens is 260 g/mol. The Hall–Kier alpha value is -1.16. The Morgan fingerprint density at radius 3 is 2.74 bits per heavy atom. The summed E-state index contributed by atoms with van der Waals surface area (Å²) in [5.41, 5.74) is 2.32. The van der Waals surface area contributed by atoms with Gasteiger partial charge in [-0.1, -0.05) is 12.1 Å². The van der Waals surface area contributed by atoms with Crippen LogP contribution < -0.4 is 4.74 Å².